The lowest BCUT2D eigenvalue weighted by molar-refractivity contribution is -0.138. The predicted octanol–water partition coefficient (Wildman–Crippen LogP) is 3.42. The van der Waals surface area contributed by atoms with Gasteiger partial charge in [-0.15, -0.1) is 5.10 Å². The number of carbonyl (C=O) groups is 1. The normalized spacial score (nSPS) is 22.7. The summed E-state index contributed by atoms with van der Waals surface area (Å²) in [7, 11) is 0. The summed E-state index contributed by atoms with van der Waals surface area (Å²) < 4.78 is 41.8. The van der Waals surface area contributed by atoms with E-state index in [1.165, 1.54) is 10.6 Å². The van der Waals surface area contributed by atoms with E-state index in [1.54, 1.807) is 35.4 Å². The Balaban J connectivity index is 1.27. The Morgan fingerprint density at radius 2 is 1.85 bits per heavy atom. The van der Waals surface area contributed by atoms with Gasteiger partial charge in [0.25, 0.3) is 5.91 Å². The van der Waals surface area contributed by atoms with Crippen molar-refractivity contribution in [2.75, 3.05) is 31.6 Å². The third-order valence-corrected chi connectivity index (χ3v) is 6.70. The molecule has 3 atom stereocenters. The van der Waals surface area contributed by atoms with Crippen LogP contribution in [0, 0.1) is 11.8 Å². The molecule has 5 rings (SSSR count). The monoisotopic (exact) mass is 459 g/mol. The molecule has 1 saturated heterocycles. The Morgan fingerprint density at radius 3 is 2.55 bits per heavy atom. The van der Waals surface area contributed by atoms with Crippen LogP contribution >= 0.6 is 0 Å². The van der Waals surface area contributed by atoms with Gasteiger partial charge >= 0.3 is 6.18 Å². The number of likely N-dealkylation sites (tertiary alicyclic amines) is 1. The molecule has 3 heterocycles. The summed E-state index contributed by atoms with van der Waals surface area (Å²) in [6.07, 6.45) is -1.48. The van der Waals surface area contributed by atoms with Gasteiger partial charge in [0.05, 0.1) is 18.4 Å². The maximum absolute atomic E-state index is 13.4. The van der Waals surface area contributed by atoms with E-state index < -0.39 is 11.7 Å². The van der Waals surface area contributed by atoms with Crippen LogP contribution in [-0.4, -0.2) is 56.8 Å². The third kappa shape index (κ3) is 4.15. The number of anilines is 1. The topological polar surface area (TPSA) is 82.8 Å². The minimum Gasteiger partial charge on any atom is -0.395 e. The summed E-state index contributed by atoms with van der Waals surface area (Å²) in [6.45, 7) is 1.40. The second-order valence-corrected chi connectivity index (χ2v) is 8.78. The highest BCUT2D eigenvalue weighted by Crippen LogP contribution is 2.49. The van der Waals surface area contributed by atoms with Gasteiger partial charge in [-0.05, 0) is 54.4 Å². The molecular weight excluding hydrogens is 435 g/mol. The standard InChI is InChI=1S/C23H24F3N5O2/c24-23(25,26)18-4-2-1-3-17(18)14-9-15-11-30(12-16(15)10-14)22(33)19-13-31-21(28-19)6-5-20(29-31)27-7-8-32/h1-6,13-16,32H,7-12H2,(H,27,29)/t14?,15-,16+. The molecule has 10 heteroatoms. The number of hydrogen-bond acceptors (Lipinski definition) is 5. The molecule has 1 aliphatic carbocycles. The largest absolute Gasteiger partial charge is 0.416 e. The van der Waals surface area contributed by atoms with Gasteiger partial charge in [-0.2, -0.15) is 13.2 Å². The van der Waals surface area contributed by atoms with Gasteiger partial charge in [0.2, 0.25) is 0 Å². The average molecular weight is 459 g/mol. The van der Waals surface area contributed by atoms with Gasteiger partial charge < -0.3 is 15.3 Å². The number of aliphatic hydroxyl groups is 1. The molecule has 0 spiro atoms. The van der Waals surface area contributed by atoms with Crippen molar-refractivity contribution in [3.8, 4) is 0 Å². The number of aliphatic hydroxyl groups excluding tert-OH is 1. The number of carbonyl (C=O) groups excluding carboxylic acids is 1. The van der Waals surface area contributed by atoms with Crippen molar-refractivity contribution < 1.29 is 23.1 Å². The Morgan fingerprint density at radius 1 is 1.12 bits per heavy atom. The molecule has 7 nitrogen and oxygen atoms in total. The zero-order valence-corrected chi connectivity index (χ0v) is 17.8. The fourth-order valence-electron chi connectivity index (χ4n) is 5.26. The van der Waals surface area contributed by atoms with E-state index in [-0.39, 0.29) is 30.3 Å². The zero-order chi connectivity index (χ0) is 23.2. The van der Waals surface area contributed by atoms with Crippen molar-refractivity contribution in [1.29, 1.82) is 0 Å². The zero-order valence-electron chi connectivity index (χ0n) is 17.8. The van der Waals surface area contributed by atoms with Crippen molar-refractivity contribution in [2.45, 2.75) is 24.9 Å². The predicted molar refractivity (Wildman–Crippen MR) is 115 cm³/mol. The van der Waals surface area contributed by atoms with Crippen molar-refractivity contribution in [3.63, 3.8) is 0 Å². The number of nitrogens with one attached hydrogen (secondary N) is 1. The number of imidazole rings is 1. The molecule has 3 aromatic rings. The van der Waals surface area contributed by atoms with Crippen molar-refractivity contribution >= 4 is 17.4 Å². The lowest BCUT2D eigenvalue weighted by atomic mass is 9.91. The highest BCUT2D eigenvalue weighted by Gasteiger charge is 2.45. The van der Waals surface area contributed by atoms with Crippen molar-refractivity contribution in [2.24, 2.45) is 11.8 Å². The van der Waals surface area contributed by atoms with E-state index in [9.17, 15) is 18.0 Å². The number of rotatable bonds is 5. The number of amides is 1. The molecule has 174 valence electrons. The van der Waals surface area contributed by atoms with Gasteiger partial charge in [-0.1, -0.05) is 18.2 Å². The van der Waals surface area contributed by atoms with E-state index in [0.29, 0.717) is 55.2 Å². The minimum atomic E-state index is -4.36. The maximum atomic E-state index is 13.4. The maximum Gasteiger partial charge on any atom is 0.416 e. The number of benzene rings is 1. The fourth-order valence-corrected chi connectivity index (χ4v) is 5.26. The minimum absolute atomic E-state index is 0.0205. The molecule has 0 bridgehead atoms. The first kappa shape index (κ1) is 21.7. The fraction of sp³-hybridized carbons (Fsp3) is 0.435. The van der Waals surface area contributed by atoms with E-state index >= 15 is 0 Å². The van der Waals surface area contributed by atoms with Crippen LogP contribution in [-0.2, 0) is 6.18 Å². The van der Waals surface area contributed by atoms with Gasteiger partial charge in [-0.3, -0.25) is 4.79 Å². The van der Waals surface area contributed by atoms with Crippen molar-refractivity contribution in [1.82, 2.24) is 19.5 Å². The van der Waals surface area contributed by atoms with E-state index in [0.717, 1.165) is 6.07 Å². The van der Waals surface area contributed by atoms with Gasteiger partial charge in [-0.25, -0.2) is 9.50 Å². The second-order valence-electron chi connectivity index (χ2n) is 8.78. The number of alkyl halides is 3. The van der Waals surface area contributed by atoms with Crippen molar-refractivity contribution in [3.05, 3.63) is 59.4 Å². The molecular formula is C23H24F3N5O2. The number of fused-ring (bicyclic) bond motifs is 2. The highest BCUT2D eigenvalue weighted by atomic mass is 19.4. The van der Waals surface area contributed by atoms with Crippen LogP contribution in [0.15, 0.2) is 42.6 Å². The molecule has 1 aromatic carbocycles. The van der Waals surface area contributed by atoms with E-state index in [1.807, 2.05) is 0 Å². The quantitative estimate of drug-likeness (QED) is 0.611. The number of hydrogen-bond donors (Lipinski definition) is 2. The van der Waals surface area contributed by atoms with Crippen LogP contribution in [0.5, 0.6) is 0 Å². The summed E-state index contributed by atoms with van der Waals surface area (Å²) in [5, 5.41) is 16.2. The average Bonchev–Trinajstić information content (AvgIpc) is 3.49. The molecule has 2 aliphatic rings. The van der Waals surface area contributed by atoms with Gasteiger partial charge in [0.15, 0.2) is 5.65 Å². The summed E-state index contributed by atoms with van der Waals surface area (Å²) in [5.74, 6) is 0.606. The Labute approximate surface area is 188 Å². The first-order chi connectivity index (χ1) is 15.8. The number of nitrogens with zero attached hydrogens (tertiary/aromatic N) is 4. The Kier molecular flexibility index (Phi) is 5.48. The smallest absolute Gasteiger partial charge is 0.395 e. The van der Waals surface area contributed by atoms with Crippen LogP contribution in [0.3, 0.4) is 0 Å². The van der Waals surface area contributed by atoms with Crippen LogP contribution in [0.1, 0.15) is 40.4 Å². The molecule has 1 amide bonds. The molecule has 2 aromatic heterocycles. The number of aromatic nitrogens is 3. The first-order valence-electron chi connectivity index (χ1n) is 11.0. The molecule has 1 saturated carbocycles. The van der Waals surface area contributed by atoms with Crippen LogP contribution in [0.4, 0.5) is 19.0 Å². The van der Waals surface area contributed by atoms with Gasteiger partial charge in [0.1, 0.15) is 11.5 Å². The summed E-state index contributed by atoms with van der Waals surface area (Å²) in [6, 6.07) is 9.30. The van der Waals surface area contributed by atoms with E-state index in [4.69, 9.17) is 5.11 Å². The molecule has 2 fully saturated rings. The first-order valence-corrected chi connectivity index (χ1v) is 11.0. The van der Waals surface area contributed by atoms with Crippen LogP contribution < -0.4 is 5.32 Å². The van der Waals surface area contributed by atoms with Crippen LogP contribution in [0.2, 0.25) is 0 Å². The number of halogens is 3. The lowest BCUT2D eigenvalue weighted by Gasteiger charge is -2.21. The molecule has 0 radical (unpaired) electrons. The lowest BCUT2D eigenvalue weighted by Crippen LogP contribution is -2.30. The Bertz CT molecular complexity index is 1160. The molecule has 1 aliphatic heterocycles. The summed E-state index contributed by atoms with van der Waals surface area (Å²) >= 11 is 0. The molecule has 33 heavy (non-hydrogen) atoms. The molecule has 2 N–H and O–H groups in total. The third-order valence-electron chi connectivity index (χ3n) is 6.70. The Hall–Kier alpha value is -3.14. The van der Waals surface area contributed by atoms with Gasteiger partial charge in [0, 0.05) is 19.6 Å². The SMILES string of the molecule is O=C(c1cn2nc(NCCO)ccc2n1)N1C[C@H]2CC(c3ccccc3C(F)(F)F)C[C@H]2C1. The van der Waals surface area contributed by atoms with Crippen LogP contribution in [0.25, 0.3) is 5.65 Å². The molecule has 1 unspecified atom stereocenters. The van der Waals surface area contributed by atoms with E-state index in [2.05, 4.69) is 15.4 Å². The summed E-state index contributed by atoms with van der Waals surface area (Å²) in [5.41, 5.74) is 0.652. The summed E-state index contributed by atoms with van der Waals surface area (Å²) in [4.78, 5) is 19.2. The second kappa shape index (κ2) is 8.33. The highest BCUT2D eigenvalue weighted by molar-refractivity contribution is 5.93.